The molecule has 19 heavy (non-hydrogen) atoms. The van der Waals surface area contributed by atoms with E-state index >= 15 is 0 Å². The molecule has 0 aliphatic heterocycles. The largest absolute Gasteiger partial charge is 0.497 e. The standard InChI is InChI=1S/C15H24FNO2/c1-12(17-9-5-4-6-10-18-2)14-8-7-13(19-3)11-15(14)16/h7-8,11-12,17H,4-6,9-10H2,1-3H3. The van der Waals surface area contributed by atoms with E-state index in [0.29, 0.717) is 11.3 Å². The molecule has 0 saturated carbocycles. The second-order valence-corrected chi connectivity index (χ2v) is 4.62. The minimum Gasteiger partial charge on any atom is -0.497 e. The summed E-state index contributed by atoms with van der Waals surface area (Å²) in [6, 6.07) is 4.99. The second-order valence-electron chi connectivity index (χ2n) is 4.62. The molecule has 3 nitrogen and oxygen atoms in total. The first-order valence-electron chi connectivity index (χ1n) is 6.74. The van der Waals surface area contributed by atoms with Gasteiger partial charge in [-0.25, -0.2) is 4.39 Å². The molecule has 0 aliphatic carbocycles. The summed E-state index contributed by atoms with van der Waals surface area (Å²) in [5.74, 6) is 0.326. The fourth-order valence-corrected chi connectivity index (χ4v) is 1.96. The van der Waals surface area contributed by atoms with E-state index < -0.39 is 0 Å². The highest BCUT2D eigenvalue weighted by Gasteiger charge is 2.10. The van der Waals surface area contributed by atoms with Crippen LogP contribution in [0.15, 0.2) is 18.2 Å². The van der Waals surface area contributed by atoms with Gasteiger partial charge in [-0.2, -0.15) is 0 Å². The Morgan fingerprint density at radius 1 is 1.21 bits per heavy atom. The minimum atomic E-state index is -0.223. The maximum Gasteiger partial charge on any atom is 0.131 e. The molecule has 0 saturated heterocycles. The zero-order valence-electron chi connectivity index (χ0n) is 12.0. The van der Waals surface area contributed by atoms with Gasteiger partial charge in [-0.05, 0) is 38.8 Å². The van der Waals surface area contributed by atoms with Crippen molar-refractivity contribution in [1.29, 1.82) is 0 Å². The Labute approximate surface area is 115 Å². The molecule has 0 bridgehead atoms. The maximum atomic E-state index is 13.8. The zero-order valence-corrected chi connectivity index (χ0v) is 12.0. The minimum absolute atomic E-state index is 0.00771. The molecule has 0 heterocycles. The number of nitrogens with one attached hydrogen (secondary N) is 1. The lowest BCUT2D eigenvalue weighted by molar-refractivity contribution is 0.192. The van der Waals surface area contributed by atoms with E-state index in [4.69, 9.17) is 9.47 Å². The Kier molecular flexibility index (Phi) is 7.45. The predicted octanol–water partition coefficient (Wildman–Crippen LogP) is 3.30. The number of ether oxygens (including phenoxy) is 2. The van der Waals surface area contributed by atoms with Crippen LogP contribution in [-0.2, 0) is 4.74 Å². The topological polar surface area (TPSA) is 30.5 Å². The summed E-state index contributed by atoms with van der Waals surface area (Å²) in [6.45, 7) is 3.67. The molecule has 0 aliphatic rings. The Hall–Kier alpha value is -1.13. The summed E-state index contributed by atoms with van der Waals surface area (Å²) in [5.41, 5.74) is 0.678. The normalized spacial score (nSPS) is 12.4. The Bertz CT molecular complexity index is 371. The number of benzene rings is 1. The smallest absolute Gasteiger partial charge is 0.131 e. The van der Waals surface area contributed by atoms with Crippen LogP contribution in [0, 0.1) is 5.82 Å². The number of rotatable bonds is 9. The number of hydrogen-bond donors (Lipinski definition) is 1. The van der Waals surface area contributed by atoms with E-state index in [9.17, 15) is 4.39 Å². The predicted molar refractivity (Wildman–Crippen MR) is 75.1 cm³/mol. The molecule has 1 N–H and O–H groups in total. The molecule has 0 amide bonds. The third-order valence-corrected chi connectivity index (χ3v) is 3.15. The highest BCUT2D eigenvalue weighted by molar-refractivity contribution is 5.30. The van der Waals surface area contributed by atoms with Crippen LogP contribution in [0.2, 0.25) is 0 Å². The van der Waals surface area contributed by atoms with Crippen molar-refractivity contribution in [1.82, 2.24) is 5.32 Å². The van der Waals surface area contributed by atoms with Crippen LogP contribution in [0.25, 0.3) is 0 Å². The summed E-state index contributed by atoms with van der Waals surface area (Å²) in [7, 11) is 3.25. The first-order valence-corrected chi connectivity index (χ1v) is 6.74. The van der Waals surface area contributed by atoms with Gasteiger partial charge in [-0.15, -0.1) is 0 Å². The lowest BCUT2D eigenvalue weighted by Gasteiger charge is -2.15. The van der Waals surface area contributed by atoms with E-state index in [1.807, 2.05) is 6.92 Å². The second kappa shape index (κ2) is 8.88. The summed E-state index contributed by atoms with van der Waals surface area (Å²) in [6.07, 6.45) is 3.27. The van der Waals surface area contributed by atoms with Gasteiger partial charge in [-0.3, -0.25) is 0 Å². The van der Waals surface area contributed by atoms with E-state index in [2.05, 4.69) is 5.32 Å². The molecular formula is C15H24FNO2. The molecule has 108 valence electrons. The van der Waals surface area contributed by atoms with Crippen molar-refractivity contribution in [3.8, 4) is 5.75 Å². The number of halogens is 1. The van der Waals surface area contributed by atoms with Crippen LogP contribution in [0.1, 0.15) is 37.8 Å². The average Bonchev–Trinajstić information content (AvgIpc) is 2.42. The number of methoxy groups -OCH3 is 2. The van der Waals surface area contributed by atoms with Crippen LogP contribution in [0.4, 0.5) is 4.39 Å². The summed E-state index contributed by atoms with van der Waals surface area (Å²) in [4.78, 5) is 0. The van der Waals surface area contributed by atoms with Gasteiger partial charge in [0.05, 0.1) is 7.11 Å². The quantitative estimate of drug-likeness (QED) is 0.698. The van der Waals surface area contributed by atoms with Crippen molar-refractivity contribution >= 4 is 0 Å². The molecule has 0 spiro atoms. The maximum absolute atomic E-state index is 13.8. The van der Waals surface area contributed by atoms with Crippen LogP contribution in [0.3, 0.4) is 0 Å². The SMILES string of the molecule is COCCCCCNC(C)c1ccc(OC)cc1F. The fourth-order valence-electron chi connectivity index (χ4n) is 1.96. The van der Waals surface area contributed by atoms with Gasteiger partial charge in [0.15, 0.2) is 0 Å². The summed E-state index contributed by atoms with van der Waals surface area (Å²) < 4.78 is 23.8. The van der Waals surface area contributed by atoms with Crippen molar-refractivity contribution in [2.24, 2.45) is 0 Å². The van der Waals surface area contributed by atoms with Gasteiger partial charge in [0.25, 0.3) is 0 Å². The molecule has 1 unspecified atom stereocenters. The fraction of sp³-hybridized carbons (Fsp3) is 0.600. The van der Waals surface area contributed by atoms with Crippen molar-refractivity contribution in [2.45, 2.75) is 32.2 Å². The summed E-state index contributed by atoms with van der Waals surface area (Å²) >= 11 is 0. The van der Waals surface area contributed by atoms with Crippen molar-refractivity contribution in [2.75, 3.05) is 27.4 Å². The molecule has 0 aromatic heterocycles. The van der Waals surface area contributed by atoms with Crippen molar-refractivity contribution < 1.29 is 13.9 Å². The molecule has 4 heteroatoms. The molecule has 0 fully saturated rings. The first kappa shape index (κ1) is 15.9. The van der Waals surface area contributed by atoms with Gasteiger partial charge >= 0.3 is 0 Å². The van der Waals surface area contributed by atoms with Crippen LogP contribution in [-0.4, -0.2) is 27.4 Å². The Balaban J connectivity index is 2.34. The van der Waals surface area contributed by atoms with Gasteiger partial charge in [0.2, 0.25) is 0 Å². The van der Waals surface area contributed by atoms with Gasteiger partial charge in [0.1, 0.15) is 11.6 Å². The Morgan fingerprint density at radius 2 is 2.00 bits per heavy atom. The van der Waals surface area contributed by atoms with Crippen LogP contribution < -0.4 is 10.1 Å². The summed E-state index contributed by atoms with van der Waals surface area (Å²) in [5, 5.41) is 3.33. The number of unbranched alkanes of at least 4 members (excludes halogenated alkanes) is 2. The van der Waals surface area contributed by atoms with Crippen LogP contribution >= 0.6 is 0 Å². The number of hydrogen-bond acceptors (Lipinski definition) is 3. The van der Waals surface area contributed by atoms with Gasteiger partial charge in [0, 0.05) is 31.4 Å². The van der Waals surface area contributed by atoms with Crippen molar-refractivity contribution in [3.05, 3.63) is 29.6 Å². The zero-order chi connectivity index (χ0) is 14.1. The van der Waals surface area contributed by atoms with Gasteiger partial charge < -0.3 is 14.8 Å². The van der Waals surface area contributed by atoms with Gasteiger partial charge in [-0.1, -0.05) is 6.07 Å². The third kappa shape index (κ3) is 5.57. The molecule has 1 aromatic carbocycles. The Morgan fingerprint density at radius 3 is 2.63 bits per heavy atom. The highest BCUT2D eigenvalue weighted by atomic mass is 19.1. The van der Waals surface area contributed by atoms with E-state index in [1.54, 1.807) is 19.2 Å². The van der Waals surface area contributed by atoms with E-state index in [-0.39, 0.29) is 11.9 Å². The average molecular weight is 269 g/mol. The molecular weight excluding hydrogens is 245 g/mol. The van der Waals surface area contributed by atoms with Crippen LogP contribution in [0.5, 0.6) is 5.75 Å². The first-order chi connectivity index (χ1) is 9.19. The molecule has 1 atom stereocenters. The third-order valence-electron chi connectivity index (χ3n) is 3.15. The van der Waals surface area contributed by atoms with E-state index in [0.717, 1.165) is 32.4 Å². The molecule has 1 aromatic rings. The lowest BCUT2D eigenvalue weighted by atomic mass is 10.1. The molecule has 1 rings (SSSR count). The monoisotopic (exact) mass is 269 g/mol. The highest BCUT2D eigenvalue weighted by Crippen LogP contribution is 2.21. The van der Waals surface area contributed by atoms with Crippen molar-refractivity contribution in [3.63, 3.8) is 0 Å². The lowest BCUT2D eigenvalue weighted by Crippen LogP contribution is -2.20. The molecule has 0 radical (unpaired) electrons. The van der Waals surface area contributed by atoms with E-state index in [1.165, 1.54) is 13.2 Å².